The maximum absolute atomic E-state index is 13.1. The fourth-order valence-electron chi connectivity index (χ4n) is 3.26. The summed E-state index contributed by atoms with van der Waals surface area (Å²) in [6.45, 7) is 7.07. The summed E-state index contributed by atoms with van der Waals surface area (Å²) < 4.78 is 5.24. The van der Waals surface area contributed by atoms with Gasteiger partial charge in [0.1, 0.15) is 5.75 Å². The van der Waals surface area contributed by atoms with Crippen molar-refractivity contribution in [2.75, 3.05) is 7.11 Å². The number of amides is 1. The van der Waals surface area contributed by atoms with E-state index in [9.17, 15) is 4.79 Å². The lowest BCUT2D eigenvalue weighted by molar-refractivity contribution is -0.140. The summed E-state index contributed by atoms with van der Waals surface area (Å²) in [6.07, 6.45) is 0. The highest BCUT2D eigenvalue weighted by atomic mass is 16.5. The van der Waals surface area contributed by atoms with Gasteiger partial charge < -0.3 is 9.64 Å². The number of fused-ring (bicyclic) bond motifs is 1. The van der Waals surface area contributed by atoms with Crippen LogP contribution < -0.4 is 4.74 Å². The third-order valence-electron chi connectivity index (χ3n) is 4.70. The van der Waals surface area contributed by atoms with E-state index in [1.807, 2.05) is 62.1 Å². The molecule has 0 bridgehead atoms. The van der Waals surface area contributed by atoms with E-state index >= 15 is 0 Å². The minimum Gasteiger partial charge on any atom is -0.497 e. The Bertz CT molecular complexity index is 918. The van der Waals surface area contributed by atoms with Crippen molar-refractivity contribution in [2.45, 2.75) is 33.9 Å². The van der Waals surface area contributed by atoms with Crippen molar-refractivity contribution in [1.82, 2.24) is 4.90 Å². The van der Waals surface area contributed by atoms with Gasteiger partial charge in [0, 0.05) is 18.5 Å². The molecule has 0 saturated heterocycles. The van der Waals surface area contributed by atoms with E-state index in [0.29, 0.717) is 13.1 Å². The molecule has 0 N–H and O–H groups in total. The van der Waals surface area contributed by atoms with Crippen LogP contribution in [-0.4, -0.2) is 17.9 Å². The number of ether oxygens (including phenoxy) is 1. The molecule has 27 heavy (non-hydrogen) atoms. The highest BCUT2D eigenvalue weighted by molar-refractivity contribution is 5.87. The summed E-state index contributed by atoms with van der Waals surface area (Å²) in [7, 11) is 1.66. The van der Waals surface area contributed by atoms with Gasteiger partial charge in [-0.1, -0.05) is 75.4 Å². The Hall–Kier alpha value is -2.81. The van der Waals surface area contributed by atoms with Gasteiger partial charge in [-0.15, -0.1) is 0 Å². The van der Waals surface area contributed by atoms with Gasteiger partial charge in [-0.25, -0.2) is 0 Å². The molecule has 0 heterocycles. The van der Waals surface area contributed by atoms with Gasteiger partial charge in [0.2, 0.25) is 5.91 Å². The van der Waals surface area contributed by atoms with Crippen LogP contribution in [0.2, 0.25) is 0 Å². The number of carbonyl (C=O) groups is 1. The number of hydrogen-bond donors (Lipinski definition) is 0. The fourth-order valence-corrected chi connectivity index (χ4v) is 3.26. The summed E-state index contributed by atoms with van der Waals surface area (Å²) in [6, 6.07) is 22.5. The number of hydrogen-bond acceptors (Lipinski definition) is 2. The molecule has 0 fully saturated rings. The van der Waals surface area contributed by atoms with Gasteiger partial charge in [0.05, 0.1) is 7.11 Å². The molecule has 0 spiro atoms. The van der Waals surface area contributed by atoms with Gasteiger partial charge in [-0.05, 0) is 34.0 Å². The quantitative estimate of drug-likeness (QED) is 0.607. The molecule has 1 amide bonds. The number of nitrogens with zero attached hydrogens (tertiary/aromatic N) is 1. The third-order valence-corrected chi connectivity index (χ3v) is 4.70. The first-order valence-corrected chi connectivity index (χ1v) is 9.27. The average Bonchev–Trinajstić information content (AvgIpc) is 2.67. The van der Waals surface area contributed by atoms with Gasteiger partial charge in [-0.2, -0.15) is 0 Å². The lowest BCUT2D eigenvalue weighted by Gasteiger charge is -2.30. The van der Waals surface area contributed by atoms with E-state index in [4.69, 9.17) is 4.74 Å². The van der Waals surface area contributed by atoms with Crippen LogP contribution in [0.5, 0.6) is 5.75 Å². The molecule has 0 saturated carbocycles. The molecule has 3 heteroatoms. The second-order valence-corrected chi connectivity index (χ2v) is 7.90. The molecular formula is C24H27NO2. The Kier molecular flexibility index (Phi) is 5.50. The number of rotatable bonds is 5. The molecule has 3 aromatic carbocycles. The molecule has 0 atom stereocenters. The van der Waals surface area contributed by atoms with Crippen LogP contribution in [0.3, 0.4) is 0 Å². The monoisotopic (exact) mass is 361 g/mol. The van der Waals surface area contributed by atoms with E-state index in [-0.39, 0.29) is 5.91 Å². The normalized spacial score (nSPS) is 11.4. The maximum Gasteiger partial charge on any atom is 0.228 e. The van der Waals surface area contributed by atoms with Crippen LogP contribution >= 0.6 is 0 Å². The lowest BCUT2D eigenvalue weighted by atomic mass is 9.93. The summed E-state index contributed by atoms with van der Waals surface area (Å²) in [5.74, 6) is 0.966. The van der Waals surface area contributed by atoms with E-state index in [2.05, 4.69) is 30.3 Å². The van der Waals surface area contributed by atoms with Crippen molar-refractivity contribution in [2.24, 2.45) is 5.41 Å². The summed E-state index contributed by atoms with van der Waals surface area (Å²) in [5, 5.41) is 2.39. The van der Waals surface area contributed by atoms with Crippen LogP contribution in [0, 0.1) is 5.41 Å². The third kappa shape index (κ3) is 4.48. The predicted octanol–water partition coefficient (Wildman–Crippen LogP) is 5.42. The van der Waals surface area contributed by atoms with Crippen molar-refractivity contribution < 1.29 is 9.53 Å². The van der Waals surface area contributed by atoms with Gasteiger partial charge in [-0.3, -0.25) is 4.79 Å². The zero-order valence-corrected chi connectivity index (χ0v) is 16.5. The average molecular weight is 361 g/mol. The molecule has 3 rings (SSSR count). The van der Waals surface area contributed by atoms with Crippen molar-refractivity contribution in [3.63, 3.8) is 0 Å². The molecular weight excluding hydrogens is 334 g/mol. The fraction of sp³-hybridized carbons (Fsp3) is 0.292. The van der Waals surface area contributed by atoms with Crippen LogP contribution in [0.1, 0.15) is 31.9 Å². The highest BCUT2D eigenvalue weighted by Gasteiger charge is 2.27. The van der Waals surface area contributed by atoms with E-state index in [0.717, 1.165) is 11.3 Å². The van der Waals surface area contributed by atoms with Crippen LogP contribution in [0.25, 0.3) is 10.8 Å². The van der Waals surface area contributed by atoms with Gasteiger partial charge in [0.15, 0.2) is 0 Å². The van der Waals surface area contributed by atoms with E-state index in [1.54, 1.807) is 7.11 Å². The van der Waals surface area contributed by atoms with Crippen LogP contribution in [0.4, 0.5) is 0 Å². The molecule has 140 valence electrons. The summed E-state index contributed by atoms with van der Waals surface area (Å²) in [5.41, 5.74) is 1.82. The zero-order chi connectivity index (χ0) is 19.4. The van der Waals surface area contributed by atoms with E-state index < -0.39 is 5.41 Å². The van der Waals surface area contributed by atoms with Crippen molar-refractivity contribution >= 4 is 16.7 Å². The van der Waals surface area contributed by atoms with Gasteiger partial charge >= 0.3 is 0 Å². The second-order valence-electron chi connectivity index (χ2n) is 7.90. The molecule has 0 radical (unpaired) electrons. The largest absolute Gasteiger partial charge is 0.497 e. The Morgan fingerprint density at radius 1 is 0.889 bits per heavy atom. The minimum atomic E-state index is -0.433. The molecule has 3 aromatic rings. The van der Waals surface area contributed by atoms with Crippen molar-refractivity contribution in [3.8, 4) is 5.75 Å². The van der Waals surface area contributed by atoms with Crippen molar-refractivity contribution in [1.29, 1.82) is 0 Å². The van der Waals surface area contributed by atoms with E-state index in [1.165, 1.54) is 16.3 Å². The zero-order valence-electron chi connectivity index (χ0n) is 16.5. The molecule has 0 aliphatic rings. The topological polar surface area (TPSA) is 29.5 Å². The summed E-state index contributed by atoms with van der Waals surface area (Å²) >= 11 is 0. The minimum absolute atomic E-state index is 0.145. The molecule has 0 aliphatic heterocycles. The Morgan fingerprint density at radius 3 is 2.22 bits per heavy atom. The lowest BCUT2D eigenvalue weighted by Crippen LogP contribution is -2.38. The Labute approximate surface area is 161 Å². The number of benzene rings is 3. The molecule has 3 nitrogen and oxygen atoms in total. The number of carbonyl (C=O) groups excluding carboxylic acids is 1. The smallest absolute Gasteiger partial charge is 0.228 e. The highest BCUT2D eigenvalue weighted by Crippen LogP contribution is 2.25. The maximum atomic E-state index is 13.1. The predicted molar refractivity (Wildman–Crippen MR) is 111 cm³/mol. The Balaban J connectivity index is 1.92. The van der Waals surface area contributed by atoms with Crippen LogP contribution in [0.15, 0.2) is 66.7 Å². The molecule has 0 aromatic heterocycles. The molecule has 0 aliphatic carbocycles. The SMILES string of the molecule is COc1ccc(CN(Cc2cccc3ccccc23)C(=O)C(C)(C)C)cc1. The van der Waals surface area contributed by atoms with Crippen molar-refractivity contribution in [3.05, 3.63) is 77.9 Å². The first kappa shape index (κ1) is 19.0. The second kappa shape index (κ2) is 7.83. The van der Waals surface area contributed by atoms with Crippen LogP contribution in [-0.2, 0) is 17.9 Å². The first-order chi connectivity index (χ1) is 12.9. The number of methoxy groups -OCH3 is 1. The van der Waals surface area contributed by atoms with Gasteiger partial charge in [0.25, 0.3) is 0 Å². The molecule has 0 unspecified atom stereocenters. The summed E-state index contributed by atoms with van der Waals surface area (Å²) in [4.78, 5) is 15.1. The first-order valence-electron chi connectivity index (χ1n) is 9.27. The standard InChI is InChI=1S/C24H27NO2/c1-24(2,3)23(26)25(16-18-12-14-21(27-4)15-13-18)17-20-10-7-9-19-8-5-6-11-22(19)20/h5-15H,16-17H2,1-4H3. The Morgan fingerprint density at radius 2 is 1.56 bits per heavy atom.